The SMILES string of the molecule is CC(CNCc1ccc2c(c1)CCN2)c1nccs1. The molecule has 3 rings (SSSR count). The second-order valence-corrected chi connectivity index (χ2v) is 6.00. The number of hydrogen-bond donors (Lipinski definition) is 2. The first-order valence-electron chi connectivity index (χ1n) is 6.79. The van der Waals surface area contributed by atoms with E-state index in [2.05, 4.69) is 40.7 Å². The molecule has 3 nitrogen and oxygen atoms in total. The Morgan fingerprint density at radius 3 is 3.26 bits per heavy atom. The lowest BCUT2D eigenvalue weighted by Gasteiger charge is -2.11. The summed E-state index contributed by atoms with van der Waals surface area (Å²) in [5.41, 5.74) is 4.13. The van der Waals surface area contributed by atoms with Crippen molar-refractivity contribution in [3.05, 3.63) is 45.9 Å². The van der Waals surface area contributed by atoms with Crippen molar-refractivity contribution >= 4 is 17.0 Å². The van der Waals surface area contributed by atoms with Gasteiger partial charge in [-0.05, 0) is 23.6 Å². The number of nitrogens with zero attached hydrogens (tertiary/aromatic N) is 1. The molecule has 0 amide bonds. The summed E-state index contributed by atoms with van der Waals surface area (Å²) in [5, 5.41) is 10.2. The topological polar surface area (TPSA) is 37.0 Å². The standard InChI is InChI=1S/C15H19N3S/c1-11(15-18-6-7-19-15)9-16-10-12-2-3-14-13(8-12)4-5-17-14/h2-3,6-8,11,16-17H,4-5,9-10H2,1H3. The molecule has 0 saturated carbocycles. The van der Waals surface area contributed by atoms with Crippen LogP contribution >= 0.6 is 11.3 Å². The molecular weight excluding hydrogens is 254 g/mol. The van der Waals surface area contributed by atoms with Gasteiger partial charge < -0.3 is 10.6 Å². The van der Waals surface area contributed by atoms with Gasteiger partial charge in [0.05, 0.1) is 5.01 Å². The average molecular weight is 273 g/mol. The summed E-state index contributed by atoms with van der Waals surface area (Å²) < 4.78 is 0. The third-order valence-corrected chi connectivity index (χ3v) is 4.54. The van der Waals surface area contributed by atoms with Gasteiger partial charge in [0, 0.05) is 42.8 Å². The number of benzene rings is 1. The zero-order chi connectivity index (χ0) is 13.1. The van der Waals surface area contributed by atoms with E-state index in [1.165, 1.54) is 21.8 Å². The Hall–Kier alpha value is -1.39. The van der Waals surface area contributed by atoms with Crippen molar-refractivity contribution in [2.45, 2.75) is 25.8 Å². The van der Waals surface area contributed by atoms with Gasteiger partial charge in [0.25, 0.3) is 0 Å². The summed E-state index contributed by atoms with van der Waals surface area (Å²) in [7, 11) is 0. The highest BCUT2D eigenvalue weighted by atomic mass is 32.1. The predicted octanol–water partition coefficient (Wildman–Crippen LogP) is 3.00. The van der Waals surface area contributed by atoms with E-state index in [9.17, 15) is 0 Å². The van der Waals surface area contributed by atoms with Crippen LogP contribution in [0.5, 0.6) is 0 Å². The van der Waals surface area contributed by atoms with Gasteiger partial charge in [-0.1, -0.05) is 19.1 Å². The second kappa shape index (κ2) is 5.72. The lowest BCUT2D eigenvalue weighted by Crippen LogP contribution is -2.19. The minimum atomic E-state index is 0.482. The van der Waals surface area contributed by atoms with E-state index in [0.29, 0.717) is 5.92 Å². The van der Waals surface area contributed by atoms with Gasteiger partial charge in [0.1, 0.15) is 0 Å². The van der Waals surface area contributed by atoms with Crippen LogP contribution in [0.3, 0.4) is 0 Å². The zero-order valence-corrected chi connectivity index (χ0v) is 12.0. The average Bonchev–Trinajstić information content (AvgIpc) is 3.09. The van der Waals surface area contributed by atoms with Crippen molar-refractivity contribution in [2.75, 3.05) is 18.4 Å². The van der Waals surface area contributed by atoms with Crippen molar-refractivity contribution in [1.82, 2.24) is 10.3 Å². The van der Waals surface area contributed by atoms with Crippen LogP contribution in [-0.4, -0.2) is 18.1 Å². The maximum absolute atomic E-state index is 4.36. The van der Waals surface area contributed by atoms with Crippen LogP contribution in [0.2, 0.25) is 0 Å². The summed E-state index contributed by atoms with van der Waals surface area (Å²) in [5.74, 6) is 0.482. The van der Waals surface area contributed by atoms with Crippen molar-refractivity contribution in [3.8, 4) is 0 Å². The number of fused-ring (bicyclic) bond motifs is 1. The minimum Gasteiger partial charge on any atom is -0.384 e. The van der Waals surface area contributed by atoms with Gasteiger partial charge in [-0.15, -0.1) is 11.3 Å². The Balaban J connectivity index is 1.52. The minimum absolute atomic E-state index is 0.482. The van der Waals surface area contributed by atoms with Crippen molar-refractivity contribution in [1.29, 1.82) is 0 Å². The van der Waals surface area contributed by atoms with Crippen LogP contribution < -0.4 is 10.6 Å². The van der Waals surface area contributed by atoms with Gasteiger partial charge in [-0.3, -0.25) is 0 Å². The lowest BCUT2D eigenvalue weighted by atomic mass is 10.1. The smallest absolute Gasteiger partial charge is 0.0965 e. The highest BCUT2D eigenvalue weighted by molar-refractivity contribution is 7.09. The van der Waals surface area contributed by atoms with Gasteiger partial charge in [-0.2, -0.15) is 0 Å². The molecular formula is C15H19N3S. The second-order valence-electron chi connectivity index (χ2n) is 5.07. The summed E-state index contributed by atoms with van der Waals surface area (Å²) >= 11 is 1.73. The molecule has 0 radical (unpaired) electrons. The lowest BCUT2D eigenvalue weighted by molar-refractivity contribution is 0.612. The molecule has 2 N–H and O–H groups in total. The highest BCUT2D eigenvalue weighted by Gasteiger charge is 2.10. The van der Waals surface area contributed by atoms with Crippen LogP contribution in [0.15, 0.2) is 29.8 Å². The summed E-state index contributed by atoms with van der Waals surface area (Å²) in [6, 6.07) is 6.72. The zero-order valence-electron chi connectivity index (χ0n) is 11.1. The molecule has 0 fully saturated rings. The number of aromatic nitrogens is 1. The molecule has 1 unspecified atom stereocenters. The van der Waals surface area contributed by atoms with E-state index in [0.717, 1.165) is 26.1 Å². The van der Waals surface area contributed by atoms with E-state index in [1.54, 1.807) is 11.3 Å². The maximum atomic E-state index is 4.36. The molecule has 1 aliphatic heterocycles. The highest BCUT2D eigenvalue weighted by Crippen LogP contribution is 2.23. The van der Waals surface area contributed by atoms with Crippen LogP contribution in [0, 0.1) is 0 Å². The third kappa shape index (κ3) is 2.96. The normalized spacial score (nSPS) is 15.0. The van der Waals surface area contributed by atoms with Crippen molar-refractivity contribution in [2.24, 2.45) is 0 Å². The quantitative estimate of drug-likeness (QED) is 0.879. The number of rotatable bonds is 5. The molecule has 1 aromatic carbocycles. The number of thiazole rings is 1. The maximum Gasteiger partial charge on any atom is 0.0965 e. The fourth-order valence-electron chi connectivity index (χ4n) is 2.47. The Kier molecular flexibility index (Phi) is 3.80. The molecule has 0 saturated heterocycles. The van der Waals surface area contributed by atoms with Crippen LogP contribution in [0.1, 0.15) is 29.0 Å². The van der Waals surface area contributed by atoms with E-state index >= 15 is 0 Å². The van der Waals surface area contributed by atoms with Crippen LogP contribution in [-0.2, 0) is 13.0 Å². The molecule has 2 aromatic rings. The molecule has 1 aromatic heterocycles. The third-order valence-electron chi connectivity index (χ3n) is 3.53. The first-order valence-corrected chi connectivity index (χ1v) is 7.66. The first kappa shape index (κ1) is 12.6. The fourth-order valence-corrected chi connectivity index (χ4v) is 3.16. The van der Waals surface area contributed by atoms with Crippen molar-refractivity contribution in [3.63, 3.8) is 0 Å². The first-order chi connectivity index (χ1) is 9.33. The van der Waals surface area contributed by atoms with Gasteiger partial charge in [0.15, 0.2) is 0 Å². The Morgan fingerprint density at radius 1 is 1.47 bits per heavy atom. The molecule has 1 atom stereocenters. The molecule has 1 aliphatic rings. The number of anilines is 1. The van der Waals surface area contributed by atoms with E-state index in [4.69, 9.17) is 0 Å². The Bertz CT molecular complexity index is 536. The largest absolute Gasteiger partial charge is 0.384 e. The van der Waals surface area contributed by atoms with E-state index in [1.807, 2.05) is 11.6 Å². The van der Waals surface area contributed by atoms with Gasteiger partial charge in [-0.25, -0.2) is 4.98 Å². The predicted molar refractivity (Wildman–Crippen MR) is 80.9 cm³/mol. The summed E-state index contributed by atoms with van der Waals surface area (Å²) in [4.78, 5) is 4.36. The monoisotopic (exact) mass is 273 g/mol. The fraction of sp³-hybridized carbons (Fsp3) is 0.400. The molecule has 0 aliphatic carbocycles. The van der Waals surface area contributed by atoms with E-state index < -0.39 is 0 Å². The number of hydrogen-bond acceptors (Lipinski definition) is 4. The Morgan fingerprint density at radius 2 is 2.42 bits per heavy atom. The summed E-state index contributed by atoms with van der Waals surface area (Å²) in [6.45, 7) is 5.21. The van der Waals surface area contributed by atoms with Gasteiger partial charge >= 0.3 is 0 Å². The van der Waals surface area contributed by atoms with Crippen molar-refractivity contribution < 1.29 is 0 Å². The van der Waals surface area contributed by atoms with Crippen LogP contribution in [0.4, 0.5) is 5.69 Å². The van der Waals surface area contributed by atoms with Crippen LogP contribution in [0.25, 0.3) is 0 Å². The molecule has 0 bridgehead atoms. The number of nitrogens with one attached hydrogen (secondary N) is 2. The van der Waals surface area contributed by atoms with E-state index in [-0.39, 0.29) is 0 Å². The van der Waals surface area contributed by atoms with Gasteiger partial charge in [0.2, 0.25) is 0 Å². The molecule has 0 spiro atoms. The molecule has 2 heterocycles. The molecule has 4 heteroatoms. The molecule has 19 heavy (non-hydrogen) atoms. The molecule has 100 valence electrons. The Labute approximate surface area is 118 Å². The summed E-state index contributed by atoms with van der Waals surface area (Å²) in [6.07, 6.45) is 3.03.